The first-order valence-corrected chi connectivity index (χ1v) is 11.0. The second-order valence-electron chi connectivity index (χ2n) is 8.43. The minimum Gasteiger partial charge on any atom is -0.308 e. The fourth-order valence-corrected chi connectivity index (χ4v) is 3.99. The molecule has 0 radical (unpaired) electrons. The van der Waals surface area contributed by atoms with Gasteiger partial charge in [-0.3, -0.25) is 14.9 Å². The third-order valence-electron chi connectivity index (χ3n) is 5.85. The molecule has 3 aromatic rings. The van der Waals surface area contributed by atoms with Crippen molar-refractivity contribution in [3.05, 3.63) is 65.7 Å². The summed E-state index contributed by atoms with van der Waals surface area (Å²) >= 11 is 0. The maximum Gasteiger partial charge on any atom is 0.416 e. The number of nitrogens with one attached hydrogen (secondary N) is 2. The maximum atomic E-state index is 13.8. The predicted molar refractivity (Wildman–Crippen MR) is 126 cm³/mol. The molecule has 0 unspecified atom stereocenters. The number of likely N-dealkylation sites (N-methyl/N-ethyl adjacent to an activating group) is 1. The molecule has 10 heteroatoms. The lowest BCUT2D eigenvalue weighted by molar-refractivity contribution is -0.138. The molecule has 0 bridgehead atoms. The number of piperazine rings is 1. The molecule has 0 aliphatic carbocycles. The Hall–Kier alpha value is -3.37. The van der Waals surface area contributed by atoms with Gasteiger partial charge in [-0.05, 0) is 30.3 Å². The molecule has 1 aliphatic rings. The van der Waals surface area contributed by atoms with Crippen LogP contribution in [0.1, 0.15) is 11.1 Å². The van der Waals surface area contributed by atoms with Crippen LogP contribution in [-0.2, 0) is 19.8 Å². The van der Waals surface area contributed by atoms with Crippen LogP contribution in [0.2, 0.25) is 0 Å². The quantitative estimate of drug-likeness (QED) is 0.574. The number of aromatic nitrogens is 2. The number of carbonyl (C=O) groups is 1. The molecule has 2 N–H and O–H groups in total. The number of anilines is 2. The number of hydrogen-bond acceptors (Lipinski definition) is 4. The van der Waals surface area contributed by atoms with Crippen LogP contribution in [0.3, 0.4) is 0 Å². The van der Waals surface area contributed by atoms with Crippen molar-refractivity contribution < 1.29 is 18.0 Å². The van der Waals surface area contributed by atoms with Gasteiger partial charge in [-0.25, -0.2) is 4.79 Å². The normalized spacial score (nSPS) is 15.3. The van der Waals surface area contributed by atoms with Crippen molar-refractivity contribution in [1.29, 1.82) is 0 Å². The van der Waals surface area contributed by atoms with Gasteiger partial charge in [0.05, 0.1) is 11.3 Å². The molecule has 7 nitrogen and oxygen atoms in total. The van der Waals surface area contributed by atoms with Crippen LogP contribution in [0.5, 0.6) is 0 Å². The smallest absolute Gasteiger partial charge is 0.308 e. The number of rotatable bonds is 5. The Morgan fingerprint density at radius 2 is 1.68 bits per heavy atom. The van der Waals surface area contributed by atoms with Gasteiger partial charge in [-0.2, -0.15) is 18.3 Å². The molecule has 1 saturated heterocycles. The Bertz CT molecular complexity index is 1140. The van der Waals surface area contributed by atoms with E-state index in [1.165, 1.54) is 12.1 Å². The van der Waals surface area contributed by atoms with E-state index >= 15 is 0 Å². The molecule has 2 heterocycles. The third kappa shape index (κ3) is 5.75. The highest BCUT2D eigenvalue weighted by Gasteiger charge is 2.34. The van der Waals surface area contributed by atoms with E-state index in [1.807, 2.05) is 42.3 Å². The van der Waals surface area contributed by atoms with Crippen molar-refractivity contribution in [2.75, 3.05) is 43.9 Å². The van der Waals surface area contributed by atoms with E-state index in [0.29, 0.717) is 18.9 Å². The van der Waals surface area contributed by atoms with Gasteiger partial charge in [0.2, 0.25) is 0 Å². The number of alkyl halides is 3. The lowest BCUT2D eigenvalue weighted by Crippen LogP contribution is -2.44. The summed E-state index contributed by atoms with van der Waals surface area (Å²) in [6.07, 6.45) is -4.53. The summed E-state index contributed by atoms with van der Waals surface area (Å²) in [6, 6.07) is 14.5. The van der Waals surface area contributed by atoms with Crippen molar-refractivity contribution in [3.8, 4) is 11.3 Å². The van der Waals surface area contributed by atoms with Crippen LogP contribution >= 0.6 is 0 Å². The number of hydrogen-bond donors (Lipinski definition) is 2. The van der Waals surface area contributed by atoms with Crippen LogP contribution in [-0.4, -0.2) is 58.8 Å². The Labute approximate surface area is 196 Å². The average molecular weight is 473 g/mol. The number of aryl methyl sites for hydroxylation is 1. The lowest BCUT2D eigenvalue weighted by Gasteiger charge is -2.33. The molecule has 2 aromatic carbocycles. The SMILES string of the molecule is CN1CCN(Cc2ccc(NC(=O)Nc3cc(-c4ccccc4)n(C)n3)cc2C(F)(F)F)CC1. The summed E-state index contributed by atoms with van der Waals surface area (Å²) in [5, 5.41) is 9.34. The second-order valence-corrected chi connectivity index (χ2v) is 8.43. The van der Waals surface area contributed by atoms with Crippen molar-refractivity contribution in [2.24, 2.45) is 7.05 Å². The summed E-state index contributed by atoms with van der Waals surface area (Å²) in [6.45, 7) is 3.28. The van der Waals surface area contributed by atoms with Crippen molar-refractivity contribution in [1.82, 2.24) is 19.6 Å². The summed E-state index contributed by atoms with van der Waals surface area (Å²) in [4.78, 5) is 16.6. The number of carbonyl (C=O) groups excluding carboxylic acids is 1. The maximum absolute atomic E-state index is 13.8. The summed E-state index contributed by atoms with van der Waals surface area (Å²) < 4.78 is 42.9. The Kier molecular flexibility index (Phi) is 6.90. The third-order valence-corrected chi connectivity index (χ3v) is 5.85. The highest BCUT2D eigenvalue weighted by Crippen LogP contribution is 2.34. The topological polar surface area (TPSA) is 65.4 Å². The number of halogens is 3. The molecule has 180 valence electrons. The number of urea groups is 1. The van der Waals surface area contributed by atoms with E-state index in [-0.39, 0.29) is 17.8 Å². The molecule has 1 fully saturated rings. The molecule has 0 spiro atoms. The van der Waals surface area contributed by atoms with Gasteiger partial charge in [0.15, 0.2) is 5.82 Å². The molecule has 0 atom stereocenters. The first-order valence-electron chi connectivity index (χ1n) is 11.0. The Morgan fingerprint density at radius 3 is 2.35 bits per heavy atom. The van der Waals surface area contributed by atoms with Gasteiger partial charge in [0.25, 0.3) is 0 Å². The van der Waals surface area contributed by atoms with E-state index in [0.717, 1.165) is 30.4 Å². The van der Waals surface area contributed by atoms with Gasteiger partial charge in [0.1, 0.15) is 0 Å². The first kappa shape index (κ1) is 23.8. The molecule has 34 heavy (non-hydrogen) atoms. The second kappa shape index (κ2) is 9.86. The van der Waals surface area contributed by atoms with Crippen LogP contribution in [0, 0.1) is 0 Å². The average Bonchev–Trinajstić information content (AvgIpc) is 3.16. The summed E-state index contributed by atoms with van der Waals surface area (Å²) in [5.41, 5.74) is 1.24. The first-order chi connectivity index (χ1) is 16.2. The Morgan fingerprint density at radius 1 is 0.971 bits per heavy atom. The van der Waals surface area contributed by atoms with Crippen LogP contribution in [0.15, 0.2) is 54.6 Å². The Balaban J connectivity index is 1.45. The minimum atomic E-state index is -4.53. The van der Waals surface area contributed by atoms with E-state index < -0.39 is 17.8 Å². The van der Waals surface area contributed by atoms with Gasteiger partial charge in [0, 0.05) is 51.5 Å². The molecule has 1 aliphatic heterocycles. The van der Waals surface area contributed by atoms with Gasteiger partial charge in [-0.15, -0.1) is 0 Å². The van der Waals surface area contributed by atoms with Gasteiger partial charge < -0.3 is 10.2 Å². The largest absolute Gasteiger partial charge is 0.416 e. The zero-order chi connectivity index (χ0) is 24.3. The van der Waals surface area contributed by atoms with Crippen molar-refractivity contribution in [3.63, 3.8) is 0 Å². The van der Waals surface area contributed by atoms with E-state index in [2.05, 4.69) is 20.6 Å². The van der Waals surface area contributed by atoms with E-state index in [1.54, 1.807) is 17.8 Å². The highest BCUT2D eigenvalue weighted by molar-refractivity contribution is 5.99. The standard InChI is InChI=1S/C24H27F3N6O/c1-31-10-12-33(13-11-31)16-18-8-9-19(14-20(18)24(25,26)27)28-23(34)29-22-15-21(32(2)30-22)17-6-4-3-5-7-17/h3-9,14-15H,10-13,16H2,1-2H3,(H2,28,29,30,34). The van der Waals surface area contributed by atoms with Crippen LogP contribution in [0.4, 0.5) is 29.5 Å². The minimum absolute atomic E-state index is 0.0613. The summed E-state index contributed by atoms with van der Waals surface area (Å²) in [5.74, 6) is 0.293. The zero-order valence-corrected chi connectivity index (χ0v) is 19.1. The van der Waals surface area contributed by atoms with E-state index in [4.69, 9.17) is 0 Å². The van der Waals surface area contributed by atoms with Crippen molar-refractivity contribution >= 4 is 17.5 Å². The summed E-state index contributed by atoms with van der Waals surface area (Å²) in [7, 11) is 3.75. The zero-order valence-electron chi connectivity index (χ0n) is 19.1. The fraction of sp³-hybridized carbons (Fsp3) is 0.333. The van der Waals surface area contributed by atoms with Gasteiger partial charge >= 0.3 is 12.2 Å². The highest BCUT2D eigenvalue weighted by atomic mass is 19.4. The monoisotopic (exact) mass is 472 g/mol. The predicted octanol–water partition coefficient (Wildman–Crippen LogP) is 4.50. The number of benzene rings is 2. The lowest BCUT2D eigenvalue weighted by atomic mass is 10.0. The van der Waals surface area contributed by atoms with Crippen LogP contribution in [0.25, 0.3) is 11.3 Å². The van der Waals surface area contributed by atoms with E-state index in [9.17, 15) is 18.0 Å². The fourth-order valence-electron chi connectivity index (χ4n) is 3.99. The molecule has 4 rings (SSSR count). The molecular weight excluding hydrogens is 445 g/mol. The van der Waals surface area contributed by atoms with Crippen molar-refractivity contribution in [2.45, 2.75) is 12.7 Å². The molecule has 0 saturated carbocycles. The number of nitrogens with zero attached hydrogens (tertiary/aromatic N) is 4. The molecule has 2 amide bonds. The number of amides is 2. The molecule has 1 aromatic heterocycles. The van der Waals surface area contributed by atoms with Gasteiger partial charge in [-0.1, -0.05) is 36.4 Å². The molecular formula is C24H27F3N6O. The van der Waals surface area contributed by atoms with Crippen LogP contribution < -0.4 is 10.6 Å².